The fourth-order valence-corrected chi connectivity index (χ4v) is 5.79. The van der Waals surface area contributed by atoms with Crippen LogP contribution in [0.25, 0.3) is 10.2 Å². The van der Waals surface area contributed by atoms with Crippen molar-refractivity contribution in [2.24, 2.45) is 5.92 Å². The second-order valence-electron chi connectivity index (χ2n) is 7.63. The minimum atomic E-state index is -3.24. The summed E-state index contributed by atoms with van der Waals surface area (Å²) in [5.74, 6) is -0.663. The quantitative estimate of drug-likeness (QED) is 0.713. The van der Waals surface area contributed by atoms with Gasteiger partial charge in [-0.05, 0) is 43.9 Å². The van der Waals surface area contributed by atoms with E-state index >= 15 is 0 Å². The molecule has 29 heavy (non-hydrogen) atoms. The van der Waals surface area contributed by atoms with E-state index in [-0.39, 0.29) is 23.7 Å². The van der Waals surface area contributed by atoms with Crippen molar-refractivity contribution in [3.05, 3.63) is 24.0 Å². The van der Waals surface area contributed by atoms with E-state index in [0.29, 0.717) is 54.4 Å². The lowest BCUT2D eigenvalue weighted by Crippen LogP contribution is -2.46. The van der Waals surface area contributed by atoms with Crippen LogP contribution in [0.2, 0.25) is 0 Å². The number of fused-ring (bicyclic) bond motifs is 1. The second kappa shape index (κ2) is 8.25. The van der Waals surface area contributed by atoms with Crippen molar-refractivity contribution in [1.29, 1.82) is 0 Å². The van der Waals surface area contributed by atoms with Crippen LogP contribution in [0.4, 0.5) is 9.52 Å². The molecule has 0 aliphatic carbocycles. The monoisotopic (exact) mass is 441 g/mol. The van der Waals surface area contributed by atoms with Crippen LogP contribution in [0.5, 0.6) is 0 Å². The third-order valence-corrected chi connectivity index (χ3v) is 7.86. The van der Waals surface area contributed by atoms with Gasteiger partial charge >= 0.3 is 0 Å². The number of rotatable bonds is 5. The van der Waals surface area contributed by atoms with E-state index in [0.717, 1.165) is 12.8 Å². The van der Waals surface area contributed by atoms with Crippen LogP contribution in [0.1, 0.15) is 25.7 Å². The molecular formula is C19H24FN3O4S2. The van der Waals surface area contributed by atoms with Crippen LogP contribution in [0, 0.1) is 11.7 Å². The first-order valence-corrected chi connectivity index (χ1v) is 12.4. The van der Waals surface area contributed by atoms with Crippen molar-refractivity contribution < 1.29 is 22.3 Å². The molecule has 0 bridgehead atoms. The first-order valence-electron chi connectivity index (χ1n) is 9.75. The lowest BCUT2D eigenvalue weighted by Gasteiger charge is -2.33. The molecule has 1 atom stereocenters. The Morgan fingerprint density at radius 3 is 2.76 bits per heavy atom. The molecule has 0 saturated carbocycles. The zero-order valence-electron chi connectivity index (χ0n) is 16.2. The number of hydrogen-bond acceptors (Lipinski definition) is 6. The number of piperidine rings is 1. The summed E-state index contributed by atoms with van der Waals surface area (Å²) in [6, 6.07) is 4.40. The first kappa shape index (κ1) is 20.6. The Morgan fingerprint density at radius 2 is 2.10 bits per heavy atom. The maximum Gasteiger partial charge on any atom is 0.232 e. The first-order chi connectivity index (χ1) is 13.8. The van der Waals surface area contributed by atoms with Crippen LogP contribution in [0.15, 0.2) is 18.2 Å². The Hall–Kier alpha value is -1.62. The van der Waals surface area contributed by atoms with E-state index in [2.05, 4.69) is 4.98 Å². The van der Waals surface area contributed by atoms with Gasteiger partial charge in [0.2, 0.25) is 15.9 Å². The average Bonchev–Trinajstić information content (AvgIpc) is 3.34. The summed E-state index contributed by atoms with van der Waals surface area (Å²) in [5, 5.41) is 0.539. The number of aromatic nitrogens is 1. The summed E-state index contributed by atoms with van der Waals surface area (Å²) >= 11 is 1.29. The van der Waals surface area contributed by atoms with Crippen LogP contribution in [0.3, 0.4) is 0 Å². The number of carbonyl (C=O) groups is 1. The van der Waals surface area contributed by atoms with E-state index in [1.165, 1.54) is 34.0 Å². The molecule has 2 saturated heterocycles. The Balaban J connectivity index is 1.57. The Labute approximate surface area is 173 Å². The van der Waals surface area contributed by atoms with E-state index in [1.54, 1.807) is 11.0 Å². The number of sulfonamides is 1. The highest BCUT2D eigenvalue weighted by atomic mass is 32.2. The highest BCUT2D eigenvalue weighted by Crippen LogP contribution is 2.32. The van der Waals surface area contributed by atoms with Crippen molar-refractivity contribution >= 4 is 42.6 Å². The van der Waals surface area contributed by atoms with Crippen molar-refractivity contribution in [1.82, 2.24) is 9.29 Å². The normalized spacial score (nSPS) is 21.7. The summed E-state index contributed by atoms with van der Waals surface area (Å²) in [7, 11) is -3.24. The molecule has 0 radical (unpaired) electrons. The molecule has 4 rings (SSSR count). The topological polar surface area (TPSA) is 79.8 Å². The van der Waals surface area contributed by atoms with Crippen LogP contribution >= 0.6 is 11.3 Å². The zero-order valence-corrected chi connectivity index (χ0v) is 17.8. The van der Waals surface area contributed by atoms with Gasteiger partial charge in [0.05, 0.1) is 29.1 Å². The third kappa shape index (κ3) is 4.60. The number of carbonyl (C=O) groups excluding carboxylic acids is 1. The fraction of sp³-hybridized carbons (Fsp3) is 0.579. The molecule has 7 nitrogen and oxygen atoms in total. The highest BCUT2D eigenvalue weighted by molar-refractivity contribution is 7.88. The van der Waals surface area contributed by atoms with E-state index < -0.39 is 10.0 Å². The van der Waals surface area contributed by atoms with Crippen molar-refractivity contribution in [2.75, 3.05) is 37.4 Å². The highest BCUT2D eigenvalue weighted by Gasteiger charge is 2.34. The van der Waals surface area contributed by atoms with Gasteiger partial charge in [0, 0.05) is 25.6 Å². The summed E-state index contributed by atoms with van der Waals surface area (Å²) in [6.07, 6.45) is 3.96. The van der Waals surface area contributed by atoms with Gasteiger partial charge in [-0.15, -0.1) is 0 Å². The van der Waals surface area contributed by atoms with Gasteiger partial charge in [-0.25, -0.2) is 22.1 Å². The minimum absolute atomic E-state index is 0.0428. The van der Waals surface area contributed by atoms with Crippen molar-refractivity contribution in [2.45, 2.75) is 31.8 Å². The fourth-order valence-electron chi connectivity index (χ4n) is 3.91. The number of halogens is 1. The molecule has 1 aromatic heterocycles. The molecule has 3 heterocycles. The number of amides is 1. The van der Waals surface area contributed by atoms with E-state index in [1.807, 2.05) is 0 Å². The van der Waals surface area contributed by atoms with Crippen molar-refractivity contribution in [3.8, 4) is 0 Å². The van der Waals surface area contributed by atoms with Gasteiger partial charge in [0.15, 0.2) is 5.13 Å². The molecule has 158 valence electrons. The lowest BCUT2D eigenvalue weighted by molar-refractivity contribution is -0.123. The summed E-state index contributed by atoms with van der Waals surface area (Å²) in [6.45, 7) is 1.78. The minimum Gasteiger partial charge on any atom is -0.376 e. The Bertz CT molecular complexity index is 996. The maximum absolute atomic E-state index is 13.6. The molecule has 2 aliphatic rings. The molecule has 0 spiro atoms. The predicted octanol–water partition coefficient (Wildman–Crippen LogP) is 2.62. The van der Waals surface area contributed by atoms with Gasteiger partial charge in [-0.3, -0.25) is 9.69 Å². The van der Waals surface area contributed by atoms with E-state index in [9.17, 15) is 17.6 Å². The molecule has 10 heteroatoms. The molecule has 2 fully saturated rings. The van der Waals surface area contributed by atoms with Crippen LogP contribution < -0.4 is 4.90 Å². The molecule has 1 amide bonds. The van der Waals surface area contributed by atoms with Gasteiger partial charge in [-0.2, -0.15) is 0 Å². The van der Waals surface area contributed by atoms with Crippen molar-refractivity contribution in [3.63, 3.8) is 0 Å². The molecule has 1 unspecified atom stereocenters. The number of benzene rings is 1. The number of anilines is 1. The number of hydrogen-bond donors (Lipinski definition) is 0. The number of nitrogens with zero attached hydrogens (tertiary/aromatic N) is 3. The average molecular weight is 442 g/mol. The molecule has 2 aromatic rings. The van der Waals surface area contributed by atoms with Gasteiger partial charge in [0.25, 0.3) is 0 Å². The summed E-state index contributed by atoms with van der Waals surface area (Å²) in [4.78, 5) is 19.6. The molecule has 1 aromatic carbocycles. The predicted molar refractivity (Wildman–Crippen MR) is 110 cm³/mol. The SMILES string of the molecule is CS(=O)(=O)N1CCC(C(=O)N(CC2CCCO2)c2nc3ccc(F)cc3s2)CC1. The molecular weight excluding hydrogens is 417 g/mol. The third-order valence-electron chi connectivity index (χ3n) is 5.52. The summed E-state index contributed by atoms with van der Waals surface area (Å²) in [5.41, 5.74) is 0.656. The molecule has 0 N–H and O–H groups in total. The van der Waals surface area contributed by atoms with Gasteiger partial charge in [0.1, 0.15) is 5.82 Å². The largest absolute Gasteiger partial charge is 0.376 e. The van der Waals surface area contributed by atoms with Crippen LogP contribution in [-0.4, -0.2) is 62.2 Å². The zero-order chi connectivity index (χ0) is 20.6. The number of thiazole rings is 1. The Kier molecular flexibility index (Phi) is 5.87. The lowest BCUT2D eigenvalue weighted by atomic mass is 9.96. The number of ether oxygens (including phenoxy) is 1. The standard InChI is InChI=1S/C19H24FN3O4S2/c1-29(25,26)22-8-6-13(7-9-22)18(24)23(12-15-3-2-10-27-15)19-21-16-5-4-14(20)11-17(16)28-19/h4-5,11,13,15H,2-3,6-10,12H2,1H3. The molecule has 2 aliphatic heterocycles. The second-order valence-corrected chi connectivity index (χ2v) is 10.6. The Morgan fingerprint density at radius 1 is 1.34 bits per heavy atom. The van der Waals surface area contributed by atoms with Crippen LogP contribution in [-0.2, 0) is 19.6 Å². The maximum atomic E-state index is 13.6. The van der Waals surface area contributed by atoms with Gasteiger partial charge in [-0.1, -0.05) is 11.3 Å². The summed E-state index contributed by atoms with van der Waals surface area (Å²) < 4.78 is 44.9. The van der Waals surface area contributed by atoms with Gasteiger partial charge < -0.3 is 4.74 Å². The smallest absolute Gasteiger partial charge is 0.232 e. The van der Waals surface area contributed by atoms with E-state index in [4.69, 9.17) is 4.74 Å².